The number of likely N-dealkylation sites (N-methyl/N-ethyl adjacent to an activating group) is 1. The van der Waals surface area contributed by atoms with Crippen molar-refractivity contribution in [1.82, 2.24) is 10.2 Å². The molecule has 1 fully saturated rings. The smallest absolute Gasteiger partial charge is 0.0462 e. The van der Waals surface area contributed by atoms with Crippen molar-refractivity contribution in [3.8, 4) is 0 Å². The Morgan fingerprint density at radius 2 is 2.00 bits per heavy atom. The van der Waals surface area contributed by atoms with E-state index in [4.69, 9.17) is 0 Å². The van der Waals surface area contributed by atoms with E-state index in [9.17, 15) is 0 Å². The van der Waals surface area contributed by atoms with Crippen molar-refractivity contribution in [3.05, 3.63) is 60.1 Å². The van der Waals surface area contributed by atoms with Crippen LogP contribution >= 0.6 is 0 Å². The minimum absolute atomic E-state index is 0.566. The summed E-state index contributed by atoms with van der Waals surface area (Å²) < 4.78 is 0. The Morgan fingerprint density at radius 3 is 2.54 bits per heavy atom. The van der Waals surface area contributed by atoms with Crippen molar-refractivity contribution in [2.24, 2.45) is 10.9 Å². The Balaban J connectivity index is 1.93. The van der Waals surface area contributed by atoms with E-state index in [2.05, 4.69) is 47.4 Å². The summed E-state index contributed by atoms with van der Waals surface area (Å²) in [5.74, 6) is 0.869. The lowest BCUT2D eigenvalue weighted by Crippen LogP contribution is -2.32. The lowest BCUT2D eigenvalue weighted by Gasteiger charge is -2.29. The molecule has 24 heavy (non-hydrogen) atoms. The van der Waals surface area contributed by atoms with Gasteiger partial charge in [0.25, 0.3) is 0 Å². The molecule has 3 nitrogen and oxygen atoms in total. The standard InChI is InChI=1S/C21H31N3/c1-6-7-21(24(4)5)14-20-13-10-18(15-22-20)17(3)23-19-11-8-16(2)9-12-19/h6-7,10,14-16,19,23H,1,3,8-9,11-13H2,2,4-5H3/b20-14+,21-7+. The Bertz CT molecular complexity index is 582. The minimum Gasteiger partial charge on any atom is -0.382 e. The van der Waals surface area contributed by atoms with E-state index < -0.39 is 0 Å². The predicted molar refractivity (Wildman–Crippen MR) is 105 cm³/mol. The average Bonchev–Trinajstić information content (AvgIpc) is 2.57. The summed E-state index contributed by atoms with van der Waals surface area (Å²) in [7, 11) is 4.05. The summed E-state index contributed by atoms with van der Waals surface area (Å²) in [6, 6.07) is 0.566. The van der Waals surface area contributed by atoms with Crippen LogP contribution in [-0.2, 0) is 0 Å². The molecule has 1 heterocycles. The van der Waals surface area contributed by atoms with Crippen LogP contribution in [0.2, 0.25) is 0 Å². The van der Waals surface area contributed by atoms with Gasteiger partial charge in [-0.05, 0) is 43.8 Å². The molecule has 0 saturated heterocycles. The molecule has 0 aromatic rings. The van der Waals surface area contributed by atoms with Crippen molar-refractivity contribution in [2.45, 2.75) is 45.1 Å². The molecule has 3 heteroatoms. The lowest BCUT2D eigenvalue weighted by atomic mass is 9.87. The zero-order chi connectivity index (χ0) is 17.5. The zero-order valence-corrected chi connectivity index (χ0v) is 15.4. The molecule has 1 aliphatic heterocycles. The maximum Gasteiger partial charge on any atom is 0.0462 e. The van der Waals surface area contributed by atoms with Crippen LogP contribution in [0.3, 0.4) is 0 Å². The van der Waals surface area contributed by atoms with Crippen LogP contribution < -0.4 is 5.32 Å². The van der Waals surface area contributed by atoms with Gasteiger partial charge in [0.2, 0.25) is 0 Å². The third-order valence-electron chi connectivity index (χ3n) is 4.76. The summed E-state index contributed by atoms with van der Waals surface area (Å²) in [5.41, 5.74) is 4.28. The second-order valence-electron chi connectivity index (χ2n) is 7.06. The van der Waals surface area contributed by atoms with Crippen LogP contribution in [0.4, 0.5) is 0 Å². The largest absolute Gasteiger partial charge is 0.382 e. The highest BCUT2D eigenvalue weighted by Gasteiger charge is 2.19. The summed E-state index contributed by atoms with van der Waals surface area (Å²) >= 11 is 0. The molecule has 0 aromatic heterocycles. The highest BCUT2D eigenvalue weighted by Crippen LogP contribution is 2.25. The molecule has 0 spiro atoms. The van der Waals surface area contributed by atoms with E-state index >= 15 is 0 Å². The number of hydrogen-bond donors (Lipinski definition) is 1. The topological polar surface area (TPSA) is 27.6 Å². The van der Waals surface area contributed by atoms with Gasteiger partial charge in [0.05, 0.1) is 0 Å². The van der Waals surface area contributed by atoms with Crippen LogP contribution in [0.1, 0.15) is 39.0 Å². The first-order chi connectivity index (χ1) is 11.5. The van der Waals surface area contributed by atoms with Gasteiger partial charge in [0.15, 0.2) is 0 Å². The molecule has 130 valence electrons. The summed E-state index contributed by atoms with van der Waals surface area (Å²) in [5, 5.41) is 3.60. The number of nitrogens with one attached hydrogen (secondary N) is 1. The van der Waals surface area contributed by atoms with Crippen LogP contribution in [0.5, 0.6) is 0 Å². The van der Waals surface area contributed by atoms with Crippen molar-refractivity contribution in [2.75, 3.05) is 14.1 Å². The molecule has 0 unspecified atom stereocenters. The fourth-order valence-corrected chi connectivity index (χ4v) is 3.12. The quantitative estimate of drug-likeness (QED) is 0.724. The first kappa shape index (κ1) is 18.3. The first-order valence-corrected chi connectivity index (χ1v) is 8.90. The molecule has 0 atom stereocenters. The van der Waals surface area contributed by atoms with E-state index in [-0.39, 0.29) is 0 Å². The Morgan fingerprint density at radius 1 is 1.29 bits per heavy atom. The predicted octanol–water partition coefficient (Wildman–Crippen LogP) is 4.58. The third kappa shape index (κ3) is 5.26. The van der Waals surface area contributed by atoms with Crippen molar-refractivity contribution in [3.63, 3.8) is 0 Å². The average molecular weight is 326 g/mol. The van der Waals surface area contributed by atoms with Crippen molar-refractivity contribution >= 4 is 6.21 Å². The van der Waals surface area contributed by atoms with Gasteiger partial charge >= 0.3 is 0 Å². The van der Waals surface area contributed by atoms with Gasteiger partial charge in [-0.25, -0.2) is 0 Å². The number of nitrogens with zero attached hydrogens (tertiary/aromatic N) is 2. The van der Waals surface area contributed by atoms with E-state index in [0.717, 1.165) is 35.0 Å². The van der Waals surface area contributed by atoms with Gasteiger partial charge in [0, 0.05) is 55.4 Å². The highest BCUT2D eigenvalue weighted by atomic mass is 15.1. The number of hydrogen-bond acceptors (Lipinski definition) is 3. The molecule has 0 radical (unpaired) electrons. The lowest BCUT2D eigenvalue weighted by molar-refractivity contribution is 0.322. The van der Waals surface area contributed by atoms with E-state index in [0.29, 0.717) is 6.04 Å². The maximum atomic E-state index is 4.61. The van der Waals surface area contributed by atoms with Crippen LogP contribution in [0.25, 0.3) is 0 Å². The van der Waals surface area contributed by atoms with Crippen LogP contribution in [0.15, 0.2) is 65.1 Å². The molecule has 2 aliphatic rings. The Hall–Kier alpha value is -2.03. The molecule has 2 rings (SSSR count). The number of rotatable bonds is 6. The van der Waals surface area contributed by atoms with Crippen LogP contribution in [-0.4, -0.2) is 31.3 Å². The second kappa shape index (κ2) is 8.72. The maximum absolute atomic E-state index is 4.61. The van der Waals surface area contributed by atoms with Gasteiger partial charge in [-0.1, -0.05) is 32.2 Å². The normalized spacial score (nSPS) is 26.0. The molecule has 1 aliphatic carbocycles. The molecular formula is C21H31N3. The monoisotopic (exact) mass is 325 g/mol. The number of aliphatic imine (C=N–C) groups is 1. The number of allylic oxidation sites excluding steroid dienone is 5. The molecule has 0 bridgehead atoms. The fraction of sp³-hybridized carbons (Fsp3) is 0.476. The molecule has 0 aromatic carbocycles. The summed E-state index contributed by atoms with van der Waals surface area (Å²) in [4.78, 5) is 6.67. The van der Waals surface area contributed by atoms with Crippen LogP contribution in [0, 0.1) is 5.92 Å². The molecule has 1 saturated carbocycles. The van der Waals surface area contributed by atoms with Crippen molar-refractivity contribution < 1.29 is 0 Å². The summed E-state index contributed by atoms with van der Waals surface area (Å²) in [6.07, 6.45) is 16.0. The van der Waals surface area contributed by atoms with Gasteiger partial charge < -0.3 is 10.2 Å². The van der Waals surface area contributed by atoms with Gasteiger partial charge in [-0.2, -0.15) is 0 Å². The fourth-order valence-electron chi connectivity index (χ4n) is 3.12. The van der Waals surface area contributed by atoms with Gasteiger partial charge in [-0.15, -0.1) is 0 Å². The first-order valence-electron chi connectivity index (χ1n) is 8.90. The van der Waals surface area contributed by atoms with E-state index in [1.807, 2.05) is 26.4 Å². The van der Waals surface area contributed by atoms with Gasteiger partial charge in [0.1, 0.15) is 0 Å². The number of dihydropyridines is 1. The minimum atomic E-state index is 0.566. The SMILES string of the molecule is C=C/C=C(\C=C1/CC=C(C(=C)NC2CCC(C)CC2)C=N1)N(C)C. The van der Waals surface area contributed by atoms with E-state index in [1.165, 1.54) is 25.7 Å². The van der Waals surface area contributed by atoms with Gasteiger partial charge in [-0.3, -0.25) is 4.99 Å². The Kier molecular flexibility index (Phi) is 6.65. The molecule has 1 N–H and O–H groups in total. The van der Waals surface area contributed by atoms with Crippen molar-refractivity contribution in [1.29, 1.82) is 0 Å². The zero-order valence-electron chi connectivity index (χ0n) is 15.4. The van der Waals surface area contributed by atoms with E-state index in [1.54, 1.807) is 6.08 Å². The highest BCUT2D eigenvalue weighted by molar-refractivity contribution is 5.86. The summed E-state index contributed by atoms with van der Waals surface area (Å²) in [6.45, 7) is 10.3. The molecule has 0 amide bonds. The Labute approximate surface area is 147 Å². The second-order valence-corrected chi connectivity index (χ2v) is 7.06. The molecular weight excluding hydrogens is 294 g/mol. The third-order valence-corrected chi connectivity index (χ3v) is 4.76.